The maximum atomic E-state index is 5.82. The van der Waals surface area contributed by atoms with E-state index >= 15 is 0 Å². The third-order valence-corrected chi connectivity index (χ3v) is 5.58. The zero-order valence-electron chi connectivity index (χ0n) is 15.5. The van der Waals surface area contributed by atoms with Crippen molar-refractivity contribution < 1.29 is 14.2 Å². The number of nitrogens with zero attached hydrogens (tertiary/aromatic N) is 2. The van der Waals surface area contributed by atoms with Gasteiger partial charge in [-0.2, -0.15) is 0 Å². The Morgan fingerprint density at radius 3 is 2.80 bits per heavy atom. The molecule has 0 aromatic rings. The van der Waals surface area contributed by atoms with Crippen LogP contribution in [-0.2, 0) is 14.2 Å². The molecule has 7 heteroatoms. The number of hydrogen-bond acceptors (Lipinski definition) is 4. The van der Waals surface area contributed by atoms with Gasteiger partial charge < -0.3 is 24.4 Å². The van der Waals surface area contributed by atoms with E-state index in [0.717, 1.165) is 84.5 Å². The van der Waals surface area contributed by atoms with E-state index in [-0.39, 0.29) is 24.0 Å². The number of nitrogens with one attached hydrogen (secondary N) is 1. The van der Waals surface area contributed by atoms with Gasteiger partial charge >= 0.3 is 0 Å². The average molecular weight is 467 g/mol. The van der Waals surface area contributed by atoms with Crippen LogP contribution in [-0.4, -0.2) is 77.2 Å². The van der Waals surface area contributed by atoms with Gasteiger partial charge in [-0.1, -0.05) is 0 Å². The van der Waals surface area contributed by atoms with Gasteiger partial charge in [0.2, 0.25) is 0 Å². The first-order valence-electron chi connectivity index (χ1n) is 9.50. The maximum absolute atomic E-state index is 5.82. The molecule has 0 aliphatic carbocycles. The number of halogens is 1. The number of hydrogen-bond donors (Lipinski definition) is 1. The van der Waals surface area contributed by atoms with Crippen molar-refractivity contribution in [2.75, 3.05) is 66.3 Å². The maximum Gasteiger partial charge on any atom is 0.193 e. The largest absolute Gasteiger partial charge is 0.381 e. The monoisotopic (exact) mass is 467 g/mol. The summed E-state index contributed by atoms with van der Waals surface area (Å²) in [4.78, 5) is 6.84. The van der Waals surface area contributed by atoms with Crippen molar-refractivity contribution in [1.29, 1.82) is 0 Å². The molecule has 0 bridgehead atoms. The van der Waals surface area contributed by atoms with E-state index in [0.29, 0.717) is 11.3 Å². The highest BCUT2D eigenvalue weighted by Crippen LogP contribution is 2.38. The SMILES string of the molecule is CN=C(NCCCOCC1CCOCC1)N1CCC2(CCOC2)C1.I. The quantitative estimate of drug-likeness (QED) is 0.281. The second-order valence-electron chi connectivity index (χ2n) is 7.43. The molecule has 3 aliphatic heterocycles. The molecule has 146 valence electrons. The van der Waals surface area contributed by atoms with Crippen LogP contribution in [0, 0.1) is 11.3 Å². The standard InChI is InChI=1S/C18H33N3O3.HI/c1-19-17(21-8-5-18(14-21)6-12-24-15-18)20-7-2-9-23-13-16-3-10-22-11-4-16;/h16H,2-15H2,1H3,(H,19,20);1H. The van der Waals surface area contributed by atoms with Crippen molar-refractivity contribution in [3.8, 4) is 0 Å². The molecule has 6 nitrogen and oxygen atoms in total. The molecule has 0 saturated carbocycles. The molecule has 1 atom stereocenters. The van der Waals surface area contributed by atoms with Crippen LogP contribution >= 0.6 is 24.0 Å². The minimum atomic E-state index is 0. The van der Waals surface area contributed by atoms with Crippen molar-refractivity contribution in [2.24, 2.45) is 16.3 Å². The predicted molar refractivity (Wildman–Crippen MR) is 110 cm³/mol. The highest BCUT2D eigenvalue weighted by Gasteiger charge is 2.42. The highest BCUT2D eigenvalue weighted by atomic mass is 127. The summed E-state index contributed by atoms with van der Waals surface area (Å²) in [7, 11) is 1.88. The van der Waals surface area contributed by atoms with E-state index in [9.17, 15) is 0 Å². The van der Waals surface area contributed by atoms with Crippen LogP contribution in [0.5, 0.6) is 0 Å². The van der Waals surface area contributed by atoms with Crippen molar-refractivity contribution in [1.82, 2.24) is 10.2 Å². The van der Waals surface area contributed by atoms with E-state index in [1.54, 1.807) is 0 Å². The molecule has 1 unspecified atom stereocenters. The smallest absolute Gasteiger partial charge is 0.193 e. The van der Waals surface area contributed by atoms with Gasteiger partial charge in [0, 0.05) is 65.1 Å². The molecule has 3 fully saturated rings. The minimum absolute atomic E-state index is 0. The van der Waals surface area contributed by atoms with Gasteiger partial charge in [-0.05, 0) is 38.0 Å². The summed E-state index contributed by atoms with van der Waals surface area (Å²) in [5.41, 5.74) is 0.379. The predicted octanol–water partition coefficient (Wildman–Crippen LogP) is 2.13. The summed E-state index contributed by atoms with van der Waals surface area (Å²) in [5, 5.41) is 3.49. The molecule has 3 rings (SSSR count). The Bertz CT molecular complexity index is 410. The van der Waals surface area contributed by atoms with Crippen LogP contribution in [0.2, 0.25) is 0 Å². The number of likely N-dealkylation sites (tertiary alicyclic amines) is 1. The lowest BCUT2D eigenvalue weighted by Gasteiger charge is -2.25. The fraction of sp³-hybridized carbons (Fsp3) is 0.944. The van der Waals surface area contributed by atoms with E-state index in [1.807, 2.05) is 7.05 Å². The first-order chi connectivity index (χ1) is 11.8. The fourth-order valence-electron chi connectivity index (χ4n) is 3.96. The molecule has 0 aromatic carbocycles. The second kappa shape index (κ2) is 10.9. The van der Waals surface area contributed by atoms with Crippen LogP contribution in [0.3, 0.4) is 0 Å². The number of guanidine groups is 1. The lowest BCUT2D eigenvalue weighted by atomic mass is 9.87. The first kappa shape index (κ1) is 21.2. The van der Waals surface area contributed by atoms with Crippen LogP contribution in [0.25, 0.3) is 0 Å². The minimum Gasteiger partial charge on any atom is -0.381 e. The Morgan fingerprint density at radius 1 is 1.24 bits per heavy atom. The lowest BCUT2D eigenvalue weighted by Crippen LogP contribution is -2.42. The van der Waals surface area contributed by atoms with Gasteiger partial charge in [0.1, 0.15) is 0 Å². The fourth-order valence-corrected chi connectivity index (χ4v) is 3.96. The van der Waals surface area contributed by atoms with E-state index in [2.05, 4.69) is 15.2 Å². The molecule has 0 aromatic heterocycles. The molecule has 3 heterocycles. The van der Waals surface area contributed by atoms with Crippen molar-refractivity contribution in [3.63, 3.8) is 0 Å². The number of aliphatic imine (C=N–C) groups is 1. The van der Waals surface area contributed by atoms with Crippen LogP contribution < -0.4 is 5.32 Å². The van der Waals surface area contributed by atoms with Crippen molar-refractivity contribution in [2.45, 2.75) is 32.1 Å². The molecule has 1 N–H and O–H groups in total. The van der Waals surface area contributed by atoms with Gasteiger partial charge in [-0.15, -0.1) is 24.0 Å². The molecule has 1 spiro atoms. The topological polar surface area (TPSA) is 55.3 Å². The Hall–Kier alpha value is -0.120. The van der Waals surface area contributed by atoms with Gasteiger partial charge in [-0.3, -0.25) is 4.99 Å². The number of rotatable bonds is 6. The Balaban J connectivity index is 0.00000225. The molecule has 25 heavy (non-hydrogen) atoms. The van der Waals surface area contributed by atoms with Gasteiger partial charge in [-0.25, -0.2) is 0 Å². The zero-order chi connectivity index (χ0) is 16.7. The third-order valence-electron chi connectivity index (χ3n) is 5.58. The van der Waals surface area contributed by atoms with Crippen LogP contribution in [0.1, 0.15) is 32.1 Å². The molecule has 0 radical (unpaired) electrons. The van der Waals surface area contributed by atoms with Gasteiger partial charge in [0.05, 0.1) is 6.61 Å². The van der Waals surface area contributed by atoms with Crippen LogP contribution in [0.4, 0.5) is 0 Å². The first-order valence-corrected chi connectivity index (χ1v) is 9.50. The summed E-state index contributed by atoms with van der Waals surface area (Å²) < 4.78 is 16.8. The summed E-state index contributed by atoms with van der Waals surface area (Å²) in [6.07, 6.45) is 5.73. The Morgan fingerprint density at radius 2 is 2.08 bits per heavy atom. The van der Waals surface area contributed by atoms with E-state index in [1.165, 1.54) is 12.8 Å². The summed E-state index contributed by atoms with van der Waals surface area (Å²) in [6, 6.07) is 0. The van der Waals surface area contributed by atoms with Crippen LogP contribution in [0.15, 0.2) is 4.99 Å². The zero-order valence-corrected chi connectivity index (χ0v) is 17.8. The highest BCUT2D eigenvalue weighted by molar-refractivity contribution is 14.0. The Kier molecular flexibility index (Phi) is 9.23. The summed E-state index contributed by atoms with van der Waals surface area (Å²) in [5.74, 6) is 1.72. The van der Waals surface area contributed by atoms with E-state index in [4.69, 9.17) is 14.2 Å². The molecular weight excluding hydrogens is 433 g/mol. The average Bonchev–Trinajstić information content (AvgIpc) is 3.25. The molecule has 3 aliphatic rings. The van der Waals surface area contributed by atoms with Crippen molar-refractivity contribution in [3.05, 3.63) is 0 Å². The second-order valence-corrected chi connectivity index (χ2v) is 7.43. The molecular formula is C18H34IN3O3. The van der Waals surface area contributed by atoms with Crippen molar-refractivity contribution >= 4 is 29.9 Å². The third kappa shape index (κ3) is 6.22. The van der Waals surface area contributed by atoms with E-state index < -0.39 is 0 Å². The summed E-state index contributed by atoms with van der Waals surface area (Å²) >= 11 is 0. The van der Waals surface area contributed by atoms with Gasteiger partial charge in [0.15, 0.2) is 5.96 Å². The molecule has 3 saturated heterocycles. The lowest BCUT2D eigenvalue weighted by molar-refractivity contribution is 0.0203. The Labute approximate surface area is 169 Å². The summed E-state index contributed by atoms with van der Waals surface area (Å²) in [6.45, 7) is 8.41. The number of ether oxygens (including phenoxy) is 3. The van der Waals surface area contributed by atoms with Gasteiger partial charge in [0.25, 0.3) is 0 Å². The molecule has 0 amide bonds. The normalized spacial score (nSPS) is 27.7.